The van der Waals surface area contributed by atoms with Gasteiger partial charge in [0.1, 0.15) is 6.04 Å². The van der Waals surface area contributed by atoms with Crippen LogP contribution in [-0.2, 0) is 4.79 Å². The Balaban J connectivity index is 1.68. The Labute approximate surface area is 141 Å². The number of anilines is 1. The van der Waals surface area contributed by atoms with Crippen LogP contribution >= 0.6 is 11.6 Å². The first-order valence-corrected chi connectivity index (χ1v) is 8.06. The molecule has 1 fully saturated rings. The summed E-state index contributed by atoms with van der Waals surface area (Å²) in [5.74, 6) is -0.0283. The maximum atomic E-state index is 12.5. The van der Waals surface area contributed by atoms with Gasteiger partial charge >= 0.3 is 0 Å². The van der Waals surface area contributed by atoms with Crippen molar-refractivity contribution in [2.45, 2.75) is 32.4 Å². The van der Waals surface area contributed by atoms with Crippen LogP contribution in [0.5, 0.6) is 0 Å². The van der Waals surface area contributed by atoms with Crippen LogP contribution < -0.4 is 16.2 Å². The summed E-state index contributed by atoms with van der Waals surface area (Å²) < 4.78 is 0. The molecule has 120 valence electrons. The molecule has 0 aromatic heterocycles. The van der Waals surface area contributed by atoms with E-state index in [9.17, 15) is 4.79 Å². The van der Waals surface area contributed by atoms with Crippen molar-refractivity contribution in [1.82, 2.24) is 10.9 Å². The number of hydrazine groups is 1. The van der Waals surface area contributed by atoms with Crippen molar-refractivity contribution in [1.29, 1.82) is 0 Å². The molecule has 2 atom stereocenters. The number of rotatable bonds is 3. The van der Waals surface area contributed by atoms with Crippen LogP contribution in [0.25, 0.3) is 0 Å². The maximum Gasteiger partial charge on any atom is 0.242 e. The molecule has 0 spiro atoms. The Hall–Kier alpha value is -1.88. The molecule has 3 rings (SSSR count). The summed E-state index contributed by atoms with van der Waals surface area (Å²) in [6.45, 7) is 4.00. The topological polar surface area (TPSA) is 53.2 Å². The van der Waals surface area contributed by atoms with Crippen LogP contribution in [0.1, 0.15) is 29.2 Å². The van der Waals surface area contributed by atoms with E-state index in [0.29, 0.717) is 11.4 Å². The summed E-state index contributed by atoms with van der Waals surface area (Å²) in [5.41, 5.74) is 10.4. The number of aryl methyl sites for hydroxylation is 2. The van der Waals surface area contributed by atoms with Gasteiger partial charge in [0.15, 0.2) is 0 Å². The minimum atomic E-state index is -0.280. The molecule has 0 aliphatic carbocycles. The van der Waals surface area contributed by atoms with Crippen molar-refractivity contribution in [3.63, 3.8) is 0 Å². The van der Waals surface area contributed by atoms with E-state index in [1.807, 2.05) is 56.3 Å². The molecule has 1 amide bonds. The van der Waals surface area contributed by atoms with E-state index < -0.39 is 0 Å². The fourth-order valence-electron chi connectivity index (χ4n) is 2.89. The third-order valence-corrected chi connectivity index (χ3v) is 4.44. The lowest BCUT2D eigenvalue weighted by Crippen LogP contribution is -2.39. The standard InChI is InChI=1S/C18H20ClN3O/c1-11-5-3-6-12(2)17(11)20-18(23)16-10-15(21-22-16)13-7-4-8-14(19)9-13/h3-9,15-16,21-22H,10H2,1-2H3,(H,20,23). The molecular formula is C18H20ClN3O. The Kier molecular flexibility index (Phi) is 4.66. The fraction of sp³-hybridized carbons (Fsp3) is 0.278. The molecule has 1 saturated heterocycles. The Morgan fingerprint density at radius 3 is 2.52 bits per heavy atom. The minimum Gasteiger partial charge on any atom is -0.324 e. The van der Waals surface area contributed by atoms with Gasteiger partial charge in [0.05, 0.1) is 0 Å². The van der Waals surface area contributed by atoms with Gasteiger partial charge in [0.2, 0.25) is 5.91 Å². The number of benzene rings is 2. The molecule has 5 heteroatoms. The van der Waals surface area contributed by atoms with E-state index in [0.717, 1.165) is 22.4 Å². The molecule has 23 heavy (non-hydrogen) atoms. The van der Waals surface area contributed by atoms with Gasteiger partial charge in [-0.2, -0.15) is 0 Å². The second-order valence-electron chi connectivity index (χ2n) is 5.94. The molecule has 0 radical (unpaired) electrons. The third kappa shape index (κ3) is 3.55. The lowest BCUT2D eigenvalue weighted by molar-refractivity contribution is -0.117. The summed E-state index contributed by atoms with van der Waals surface area (Å²) in [6, 6.07) is 13.5. The van der Waals surface area contributed by atoms with Gasteiger partial charge in [-0.25, -0.2) is 10.9 Å². The first kappa shape index (κ1) is 16.0. The molecule has 1 heterocycles. The Morgan fingerprint density at radius 2 is 1.83 bits per heavy atom. The highest BCUT2D eigenvalue weighted by atomic mass is 35.5. The number of carbonyl (C=O) groups excluding carboxylic acids is 1. The van der Waals surface area contributed by atoms with E-state index in [2.05, 4.69) is 16.2 Å². The Bertz CT molecular complexity index is 712. The quantitative estimate of drug-likeness (QED) is 0.807. The van der Waals surface area contributed by atoms with Crippen LogP contribution in [0, 0.1) is 13.8 Å². The molecule has 0 bridgehead atoms. The number of halogens is 1. The van der Waals surface area contributed by atoms with Crippen LogP contribution in [-0.4, -0.2) is 11.9 Å². The summed E-state index contributed by atoms with van der Waals surface area (Å²) in [4.78, 5) is 12.5. The zero-order chi connectivity index (χ0) is 16.4. The molecule has 0 saturated carbocycles. The van der Waals surface area contributed by atoms with Crippen LogP contribution in [0.3, 0.4) is 0 Å². The number of carbonyl (C=O) groups is 1. The number of nitrogens with one attached hydrogen (secondary N) is 3. The predicted octanol–water partition coefficient (Wildman–Crippen LogP) is 3.50. The van der Waals surface area contributed by atoms with E-state index in [4.69, 9.17) is 11.6 Å². The lowest BCUT2D eigenvalue weighted by atomic mass is 10.0. The van der Waals surface area contributed by atoms with Crippen molar-refractivity contribution in [3.05, 3.63) is 64.2 Å². The SMILES string of the molecule is Cc1cccc(C)c1NC(=O)C1CC(c2cccc(Cl)c2)NN1. The lowest BCUT2D eigenvalue weighted by Gasteiger charge is -2.14. The molecule has 3 N–H and O–H groups in total. The van der Waals surface area contributed by atoms with Gasteiger partial charge in [0, 0.05) is 16.8 Å². The number of hydrogen-bond acceptors (Lipinski definition) is 3. The number of para-hydroxylation sites is 1. The minimum absolute atomic E-state index is 0.0283. The van der Waals surface area contributed by atoms with Crippen LogP contribution in [0.2, 0.25) is 5.02 Å². The molecule has 2 aromatic rings. The second kappa shape index (κ2) is 6.71. The normalized spacial score (nSPS) is 20.5. The highest BCUT2D eigenvalue weighted by Crippen LogP contribution is 2.26. The van der Waals surface area contributed by atoms with Gasteiger partial charge in [-0.05, 0) is 49.1 Å². The monoisotopic (exact) mass is 329 g/mol. The van der Waals surface area contributed by atoms with Gasteiger partial charge < -0.3 is 5.32 Å². The van der Waals surface area contributed by atoms with Crippen molar-refractivity contribution in [3.8, 4) is 0 Å². The molecule has 2 aromatic carbocycles. The summed E-state index contributed by atoms with van der Waals surface area (Å²) >= 11 is 6.04. The molecule has 4 nitrogen and oxygen atoms in total. The van der Waals surface area contributed by atoms with E-state index in [1.54, 1.807) is 0 Å². The van der Waals surface area contributed by atoms with Crippen molar-refractivity contribution in [2.24, 2.45) is 0 Å². The maximum absolute atomic E-state index is 12.5. The first-order valence-electron chi connectivity index (χ1n) is 7.68. The zero-order valence-electron chi connectivity index (χ0n) is 13.2. The zero-order valence-corrected chi connectivity index (χ0v) is 13.9. The molecule has 1 aliphatic rings. The number of hydrogen-bond donors (Lipinski definition) is 3. The van der Waals surface area contributed by atoms with Crippen molar-refractivity contribution < 1.29 is 4.79 Å². The van der Waals surface area contributed by atoms with E-state index >= 15 is 0 Å². The average Bonchev–Trinajstić information content (AvgIpc) is 3.01. The molecule has 1 aliphatic heterocycles. The van der Waals surface area contributed by atoms with Crippen LogP contribution in [0.15, 0.2) is 42.5 Å². The molecular weight excluding hydrogens is 310 g/mol. The van der Waals surface area contributed by atoms with E-state index in [1.165, 1.54) is 0 Å². The summed E-state index contributed by atoms with van der Waals surface area (Å²) in [7, 11) is 0. The number of amides is 1. The van der Waals surface area contributed by atoms with Crippen molar-refractivity contribution in [2.75, 3.05) is 5.32 Å². The fourth-order valence-corrected chi connectivity index (χ4v) is 3.09. The summed E-state index contributed by atoms with van der Waals surface area (Å²) in [5, 5.41) is 3.74. The van der Waals surface area contributed by atoms with Crippen molar-refractivity contribution >= 4 is 23.2 Å². The Morgan fingerprint density at radius 1 is 1.13 bits per heavy atom. The summed E-state index contributed by atoms with van der Waals surface area (Å²) in [6.07, 6.45) is 0.678. The first-order chi connectivity index (χ1) is 11.0. The van der Waals surface area contributed by atoms with Gasteiger partial charge in [-0.15, -0.1) is 0 Å². The largest absolute Gasteiger partial charge is 0.324 e. The predicted molar refractivity (Wildman–Crippen MR) is 93.4 cm³/mol. The van der Waals surface area contributed by atoms with Crippen LogP contribution in [0.4, 0.5) is 5.69 Å². The smallest absolute Gasteiger partial charge is 0.242 e. The second-order valence-corrected chi connectivity index (χ2v) is 6.38. The average molecular weight is 330 g/mol. The van der Waals surface area contributed by atoms with Gasteiger partial charge in [-0.3, -0.25) is 4.79 Å². The van der Waals surface area contributed by atoms with E-state index in [-0.39, 0.29) is 18.0 Å². The third-order valence-electron chi connectivity index (χ3n) is 4.20. The van der Waals surface area contributed by atoms with Gasteiger partial charge in [0.25, 0.3) is 0 Å². The van der Waals surface area contributed by atoms with Gasteiger partial charge in [-0.1, -0.05) is 41.9 Å². The molecule has 2 unspecified atom stereocenters. The highest BCUT2D eigenvalue weighted by molar-refractivity contribution is 6.30. The highest BCUT2D eigenvalue weighted by Gasteiger charge is 2.30.